The van der Waals surface area contributed by atoms with E-state index in [1.165, 1.54) is 128 Å². The van der Waals surface area contributed by atoms with Gasteiger partial charge in [0.25, 0.3) is 0 Å². The number of aliphatic hydroxyl groups excluding tert-OH is 1. The quantitative estimate of drug-likeness (QED) is 0.0222. The predicted molar refractivity (Wildman–Crippen MR) is 349 cm³/mol. The van der Waals surface area contributed by atoms with Crippen molar-refractivity contribution in [2.24, 2.45) is 23.7 Å². The van der Waals surface area contributed by atoms with E-state index < -0.39 is 97.5 Å². The molecule has 5 unspecified atom stereocenters. The highest BCUT2D eigenvalue weighted by Crippen LogP contribution is 2.45. The first-order valence-electron chi connectivity index (χ1n) is 35.3. The molecule has 0 aliphatic heterocycles. The zero-order valence-corrected chi connectivity index (χ0v) is 58.4. The molecule has 0 rings (SSSR count). The number of esters is 4. The van der Waals surface area contributed by atoms with E-state index in [2.05, 4.69) is 55.4 Å². The highest BCUT2D eigenvalue weighted by atomic mass is 31.2. The lowest BCUT2D eigenvalue weighted by molar-refractivity contribution is -0.161. The summed E-state index contributed by atoms with van der Waals surface area (Å²) < 4.78 is 68.2. The van der Waals surface area contributed by atoms with Crippen molar-refractivity contribution in [3.8, 4) is 0 Å². The van der Waals surface area contributed by atoms with Crippen molar-refractivity contribution in [2.45, 2.75) is 350 Å². The van der Waals surface area contributed by atoms with Gasteiger partial charge in [-0.3, -0.25) is 37.3 Å². The Morgan fingerprint density at radius 2 is 0.552 bits per heavy atom. The minimum Gasteiger partial charge on any atom is -0.462 e. The van der Waals surface area contributed by atoms with Gasteiger partial charge in [-0.05, 0) is 49.4 Å². The Hall–Kier alpha value is -1.94. The maximum atomic E-state index is 13.0. The standard InChI is InChI=1S/C68H132O17P2/c1-9-60(7)46-38-30-22-16-12-14-17-23-32-40-48-65(70)78-54-63(84-67(72)50-42-34-24-18-13-11-15-20-28-36-44-58(3)4)56-82-86(74,75)80-52-62(69)53-81-87(76,77)83-57-64(85-68(73)51-43-35-27-26-31-39-47-61(8)10-2)55-79-66(71)49-41-33-25-19-21-29-37-45-59(5)6/h58-64,69H,9-57H2,1-8H3,(H,74,75)(H,76,77)/t60?,61?,62?,63-,64-/m1/s1. The molecule has 0 aromatic rings. The summed E-state index contributed by atoms with van der Waals surface area (Å²) in [5.74, 6) is 0.851. The lowest BCUT2D eigenvalue weighted by Gasteiger charge is -2.21. The van der Waals surface area contributed by atoms with Gasteiger partial charge in [-0.2, -0.15) is 0 Å². The third kappa shape index (κ3) is 60.1. The molecule has 87 heavy (non-hydrogen) atoms. The molecule has 17 nitrogen and oxygen atoms in total. The summed E-state index contributed by atoms with van der Waals surface area (Å²) in [6, 6.07) is 0. The first-order valence-corrected chi connectivity index (χ1v) is 38.3. The minimum atomic E-state index is -4.95. The Kier molecular flexibility index (Phi) is 56.6. The van der Waals surface area contributed by atoms with Crippen molar-refractivity contribution < 1.29 is 80.2 Å². The predicted octanol–water partition coefficient (Wildman–Crippen LogP) is 18.9. The first kappa shape index (κ1) is 85.1. The molecule has 0 radical (unpaired) electrons. The Bertz CT molecular complexity index is 1730. The van der Waals surface area contributed by atoms with Crippen LogP contribution in [0.25, 0.3) is 0 Å². The molecule has 0 aromatic carbocycles. The van der Waals surface area contributed by atoms with Crippen LogP contribution in [-0.2, 0) is 65.4 Å². The summed E-state index contributed by atoms with van der Waals surface area (Å²) in [7, 11) is -9.90. The first-order chi connectivity index (χ1) is 41.7. The number of phosphoric ester groups is 2. The van der Waals surface area contributed by atoms with Gasteiger partial charge in [0.15, 0.2) is 12.2 Å². The number of aliphatic hydroxyl groups is 1. The van der Waals surface area contributed by atoms with Gasteiger partial charge in [-0.25, -0.2) is 9.13 Å². The fourth-order valence-corrected chi connectivity index (χ4v) is 11.7. The number of carbonyl (C=O) groups excluding carboxylic acids is 4. The van der Waals surface area contributed by atoms with Gasteiger partial charge in [-0.1, -0.05) is 280 Å². The molecule has 0 bridgehead atoms. The van der Waals surface area contributed by atoms with Crippen molar-refractivity contribution in [3.05, 3.63) is 0 Å². The fraction of sp³-hybridized carbons (Fsp3) is 0.941. The second kappa shape index (κ2) is 57.9. The number of hydrogen-bond acceptors (Lipinski definition) is 15. The topological polar surface area (TPSA) is 237 Å². The van der Waals surface area contributed by atoms with Gasteiger partial charge in [0.05, 0.1) is 26.4 Å². The van der Waals surface area contributed by atoms with Crippen LogP contribution in [-0.4, -0.2) is 96.7 Å². The Labute approximate surface area is 530 Å². The monoisotopic (exact) mass is 1280 g/mol. The van der Waals surface area contributed by atoms with Crippen LogP contribution in [0.2, 0.25) is 0 Å². The fourth-order valence-electron chi connectivity index (χ4n) is 10.1. The molecule has 3 N–H and O–H groups in total. The number of carbonyl (C=O) groups is 4. The number of ether oxygens (including phenoxy) is 4. The normalized spacial score (nSPS) is 15.0. The van der Waals surface area contributed by atoms with Crippen molar-refractivity contribution in [3.63, 3.8) is 0 Å². The molecule has 7 atom stereocenters. The molecule has 0 amide bonds. The van der Waals surface area contributed by atoms with E-state index >= 15 is 0 Å². The molecule has 19 heteroatoms. The zero-order chi connectivity index (χ0) is 64.7. The van der Waals surface area contributed by atoms with Crippen LogP contribution in [0.5, 0.6) is 0 Å². The molecule has 0 saturated carbocycles. The van der Waals surface area contributed by atoms with Crippen LogP contribution in [0.15, 0.2) is 0 Å². The van der Waals surface area contributed by atoms with E-state index in [1.54, 1.807) is 0 Å². The summed E-state index contributed by atoms with van der Waals surface area (Å²) in [5.41, 5.74) is 0. The van der Waals surface area contributed by atoms with Gasteiger partial charge >= 0.3 is 39.5 Å². The SMILES string of the molecule is CCC(C)CCCCCCCCCCCCC(=O)OC[C@H](COP(=O)(O)OCC(O)COP(=O)(O)OC[C@@H](COC(=O)CCCCCCCCCC(C)C)OC(=O)CCCCCCCCC(C)CC)OC(=O)CCCCCCCCCCCCC(C)C. The summed E-state index contributed by atoms with van der Waals surface area (Å²) in [6.07, 6.45) is 39.0. The van der Waals surface area contributed by atoms with E-state index in [0.29, 0.717) is 31.6 Å². The van der Waals surface area contributed by atoms with E-state index in [9.17, 15) is 43.2 Å². The van der Waals surface area contributed by atoms with Crippen LogP contribution >= 0.6 is 15.6 Å². The van der Waals surface area contributed by atoms with Crippen LogP contribution in [0.4, 0.5) is 0 Å². The minimum absolute atomic E-state index is 0.102. The van der Waals surface area contributed by atoms with Gasteiger partial charge in [-0.15, -0.1) is 0 Å². The molecule has 0 aliphatic rings. The second-order valence-electron chi connectivity index (χ2n) is 26.0. The van der Waals surface area contributed by atoms with Crippen molar-refractivity contribution in [2.75, 3.05) is 39.6 Å². The second-order valence-corrected chi connectivity index (χ2v) is 28.9. The van der Waals surface area contributed by atoms with Crippen LogP contribution < -0.4 is 0 Å². The van der Waals surface area contributed by atoms with Gasteiger partial charge in [0, 0.05) is 25.7 Å². The lowest BCUT2D eigenvalue weighted by atomic mass is 9.99. The van der Waals surface area contributed by atoms with Gasteiger partial charge < -0.3 is 33.8 Å². The van der Waals surface area contributed by atoms with Crippen molar-refractivity contribution in [1.82, 2.24) is 0 Å². The van der Waals surface area contributed by atoms with E-state index in [4.69, 9.17) is 37.0 Å². The van der Waals surface area contributed by atoms with Crippen molar-refractivity contribution in [1.29, 1.82) is 0 Å². The Morgan fingerprint density at radius 1 is 0.322 bits per heavy atom. The van der Waals surface area contributed by atoms with Gasteiger partial charge in [0.2, 0.25) is 0 Å². The molecular formula is C68H132O17P2. The molecule has 0 heterocycles. The van der Waals surface area contributed by atoms with E-state index in [1.807, 2.05) is 0 Å². The van der Waals surface area contributed by atoms with Crippen LogP contribution in [0.1, 0.15) is 331 Å². The number of unbranched alkanes of at least 4 members (excludes halogenated alkanes) is 29. The van der Waals surface area contributed by atoms with Crippen molar-refractivity contribution >= 4 is 39.5 Å². The lowest BCUT2D eigenvalue weighted by Crippen LogP contribution is -2.30. The smallest absolute Gasteiger partial charge is 0.462 e. The molecule has 0 fully saturated rings. The van der Waals surface area contributed by atoms with Gasteiger partial charge in [0.1, 0.15) is 19.3 Å². The summed E-state index contributed by atoms with van der Waals surface area (Å²) in [5, 5.41) is 10.6. The summed E-state index contributed by atoms with van der Waals surface area (Å²) >= 11 is 0. The summed E-state index contributed by atoms with van der Waals surface area (Å²) in [4.78, 5) is 72.4. The highest BCUT2D eigenvalue weighted by Gasteiger charge is 2.30. The third-order valence-electron chi connectivity index (χ3n) is 16.3. The molecule has 0 saturated heterocycles. The third-order valence-corrected chi connectivity index (χ3v) is 18.2. The Balaban J connectivity index is 5.26. The van der Waals surface area contributed by atoms with Crippen LogP contribution in [0.3, 0.4) is 0 Å². The molecular weight excluding hydrogens is 1150 g/mol. The average Bonchev–Trinajstić information content (AvgIpc) is 3.57. The maximum absolute atomic E-state index is 13.0. The van der Waals surface area contributed by atoms with E-state index in [-0.39, 0.29) is 25.7 Å². The van der Waals surface area contributed by atoms with Crippen LogP contribution in [0, 0.1) is 23.7 Å². The van der Waals surface area contributed by atoms with E-state index in [0.717, 1.165) is 114 Å². The summed E-state index contributed by atoms with van der Waals surface area (Å²) in [6.45, 7) is 14.0. The highest BCUT2D eigenvalue weighted by molar-refractivity contribution is 7.47. The molecule has 516 valence electrons. The zero-order valence-electron chi connectivity index (χ0n) is 56.6. The average molecular weight is 1280 g/mol. The molecule has 0 aromatic heterocycles. The number of hydrogen-bond donors (Lipinski definition) is 3. The number of rotatable bonds is 65. The molecule has 0 aliphatic carbocycles. The number of phosphoric acid groups is 2. The Morgan fingerprint density at radius 3 is 0.816 bits per heavy atom. The molecule has 0 spiro atoms. The largest absolute Gasteiger partial charge is 0.472 e. The maximum Gasteiger partial charge on any atom is 0.472 e.